The standard InChI is InChI=1S/C15H18N4O2S3/c1-3-7-17-14-18-19-15(24-14)22-9-12(21)13-5-4-11(23-13)6-8-16-10(2)20/h3-5H,1,6-9H2,2H3,(H,16,20)(H,17,18). The van der Waals surface area contributed by atoms with Crippen molar-refractivity contribution in [1.29, 1.82) is 0 Å². The molecule has 1 amide bonds. The topological polar surface area (TPSA) is 84.0 Å². The van der Waals surface area contributed by atoms with Crippen LogP contribution in [0.25, 0.3) is 0 Å². The molecule has 2 N–H and O–H groups in total. The molecule has 0 atom stereocenters. The molecule has 0 unspecified atom stereocenters. The Labute approximate surface area is 152 Å². The number of hydrogen-bond acceptors (Lipinski definition) is 8. The van der Waals surface area contributed by atoms with Crippen LogP contribution in [0.1, 0.15) is 21.5 Å². The summed E-state index contributed by atoms with van der Waals surface area (Å²) in [6, 6.07) is 3.78. The summed E-state index contributed by atoms with van der Waals surface area (Å²) in [7, 11) is 0. The lowest BCUT2D eigenvalue weighted by molar-refractivity contribution is -0.118. The molecule has 2 aromatic rings. The smallest absolute Gasteiger partial charge is 0.216 e. The number of anilines is 1. The quantitative estimate of drug-likeness (QED) is 0.373. The molecule has 6 nitrogen and oxygen atoms in total. The Morgan fingerprint density at radius 2 is 2.17 bits per heavy atom. The van der Waals surface area contributed by atoms with Crippen LogP contribution in [0.5, 0.6) is 0 Å². The van der Waals surface area contributed by atoms with Gasteiger partial charge in [-0.05, 0) is 18.6 Å². The van der Waals surface area contributed by atoms with E-state index >= 15 is 0 Å². The van der Waals surface area contributed by atoms with Crippen LogP contribution in [-0.4, -0.2) is 40.7 Å². The van der Waals surface area contributed by atoms with Crippen molar-refractivity contribution in [3.63, 3.8) is 0 Å². The summed E-state index contributed by atoms with van der Waals surface area (Å²) < 4.78 is 0.761. The average Bonchev–Trinajstić information content (AvgIpc) is 3.19. The van der Waals surface area contributed by atoms with E-state index < -0.39 is 0 Å². The van der Waals surface area contributed by atoms with Crippen molar-refractivity contribution >= 4 is 51.3 Å². The van der Waals surface area contributed by atoms with Crippen molar-refractivity contribution in [1.82, 2.24) is 15.5 Å². The molecule has 0 radical (unpaired) electrons. The summed E-state index contributed by atoms with van der Waals surface area (Å²) in [5.41, 5.74) is 0. The van der Waals surface area contributed by atoms with E-state index in [0.29, 0.717) is 18.8 Å². The van der Waals surface area contributed by atoms with Gasteiger partial charge < -0.3 is 10.6 Å². The van der Waals surface area contributed by atoms with E-state index in [2.05, 4.69) is 27.4 Å². The Bertz CT molecular complexity index is 711. The van der Waals surface area contributed by atoms with Crippen LogP contribution in [0, 0.1) is 0 Å². The number of thiophene rings is 1. The highest BCUT2D eigenvalue weighted by molar-refractivity contribution is 8.01. The van der Waals surface area contributed by atoms with Crippen LogP contribution in [0.3, 0.4) is 0 Å². The number of nitrogens with one attached hydrogen (secondary N) is 2. The highest BCUT2D eigenvalue weighted by atomic mass is 32.2. The molecule has 9 heteroatoms. The number of aromatic nitrogens is 2. The summed E-state index contributed by atoms with van der Waals surface area (Å²) in [4.78, 5) is 24.9. The Morgan fingerprint density at radius 3 is 2.92 bits per heavy atom. The Hall–Kier alpha value is -1.71. The van der Waals surface area contributed by atoms with Gasteiger partial charge in [-0.1, -0.05) is 29.2 Å². The molecule has 0 saturated carbocycles. The zero-order valence-corrected chi connectivity index (χ0v) is 15.7. The molecule has 2 rings (SSSR count). The highest BCUT2D eigenvalue weighted by Crippen LogP contribution is 2.27. The summed E-state index contributed by atoms with van der Waals surface area (Å²) >= 11 is 4.28. The molecule has 2 heterocycles. The maximum Gasteiger partial charge on any atom is 0.216 e. The van der Waals surface area contributed by atoms with Crippen molar-refractivity contribution in [3.8, 4) is 0 Å². The van der Waals surface area contributed by atoms with E-state index in [9.17, 15) is 9.59 Å². The Kier molecular flexibility index (Phi) is 7.41. The number of carbonyl (C=O) groups is 2. The van der Waals surface area contributed by atoms with Gasteiger partial charge in [0.15, 0.2) is 10.1 Å². The van der Waals surface area contributed by atoms with E-state index in [-0.39, 0.29) is 11.7 Å². The molecule has 128 valence electrons. The number of hydrogen-bond donors (Lipinski definition) is 2. The molecule has 0 saturated heterocycles. The second-order valence-corrected chi connectivity index (χ2v) is 8.12. The largest absolute Gasteiger partial charge is 0.357 e. The van der Waals surface area contributed by atoms with Crippen LogP contribution in [0.15, 0.2) is 29.1 Å². The van der Waals surface area contributed by atoms with Crippen LogP contribution in [0.4, 0.5) is 5.13 Å². The molecule has 24 heavy (non-hydrogen) atoms. The summed E-state index contributed by atoms with van der Waals surface area (Å²) in [5, 5.41) is 14.6. The number of carbonyl (C=O) groups excluding carboxylic acids is 2. The number of rotatable bonds is 10. The van der Waals surface area contributed by atoms with Gasteiger partial charge in [-0.25, -0.2) is 0 Å². The molecular formula is C15H18N4O2S3. The highest BCUT2D eigenvalue weighted by Gasteiger charge is 2.12. The maximum absolute atomic E-state index is 12.2. The van der Waals surface area contributed by atoms with Crippen molar-refractivity contribution < 1.29 is 9.59 Å². The Balaban J connectivity index is 1.79. The first-order valence-corrected chi connectivity index (χ1v) is 9.87. The third-order valence-corrected chi connectivity index (χ3v) is 6.01. The van der Waals surface area contributed by atoms with Gasteiger partial charge in [0.2, 0.25) is 11.0 Å². The van der Waals surface area contributed by atoms with Crippen LogP contribution >= 0.6 is 34.4 Å². The monoisotopic (exact) mass is 382 g/mol. The van der Waals surface area contributed by atoms with Gasteiger partial charge in [0, 0.05) is 24.9 Å². The number of amides is 1. The first-order valence-electron chi connectivity index (χ1n) is 7.26. The second kappa shape index (κ2) is 9.55. The Morgan fingerprint density at radius 1 is 1.33 bits per heavy atom. The lowest BCUT2D eigenvalue weighted by atomic mass is 10.3. The maximum atomic E-state index is 12.2. The van der Waals surface area contributed by atoms with Gasteiger partial charge in [-0.3, -0.25) is 9.59 Å². The molecule has 0 fully saturated rings. The van der Waals surface area contributed by atoms with Gasteiger partial charge in [-0.15, -0.1) is 28.1 Å². The normalized spacial score (nSPS) is 10.4. The molecule has 2 aromatic heterocycles. The van der Waals surface area contributed by atoms with E-state index in [1.165, 1.54) is 41.4 Å². The van der Waals surface area contributed by atoms with E-state index in [1.54, 1.807) is 6.08 Å². The van der Waals surface area contributed by atoms with Crippen LogP contribution < -0.4 is 10.6 Å². The minimum absolute atomic E-state index is 0.0433. The molecule has 0 aromatic carbocycles. The van der Waals surface area contributed by atoms with Crippen LogP contribution in [0.2, 0.25) is 0 Å². The third kappa shape index (κ3) is 6.06. The van der Waals surface area contributed by atoms with Gasteiger partial charge >= 0.3 is 0 Å². The predicted octanol–water partition coefficient (Wildman–Crippen LogP) is 2.85. The number of Topliss-reactive ketones (excluding diaryl/α,β-unsaturated/α-hetero) is 1. The minimum Gasteiger partial charge on any atom is -0.357 e. The van der Waals surface area contributed by atoms with Crippen molar-refractivity contribution in [2.75, 3.05) is 24.2 Å². The minimum atomic E-state index is -0.0433. The summed E-state index contributed by atoms with van der Waals surface area (Å²) in [6.45, 7) is 6.34. The molecule has 0 aliphatic heterocycles. The SMILES string of the molecule is C=CCNc1nnc(SCC(=O)c2ccc(CCNC(C)=O)s2)s1. The number of nitrogens with zero attached hydrogens (tertiary/aromatic N) is 2. The lowest BCUT2D eigenvalue weighted by Gasteiger charge is -1.99. The molecule has 0 aliphatic carbocycles. The van der Waals surface area contributed by atoms with E-state index in [0.717, 1.165) is 25.6 Å². The molecular weight excluding hydrogens is 364 g/mol. The number of thioether (sulfide) groups is 1. The van der Waals surface area contributed by atoms with Gasteiger partial charge in [-0.2, -0.15) is 0 Å². The average molecular weight is 383 g/mol. The molecule has 0 spiro atoms. The fourth-order valence-corrected chi connectivity index (χ4v) is 4.40. The van der Waals surface area contributed by atoms with E-state index in [4.69, 9.17) is 0 Å². The lowest BCUT2D eigenvalue weighted by Crippen LogP contribution is -2.22. The summed E-state index contributed by atoms with van der Waals surface area (Å²) in [6.07, 6.45) is 2.48. The zero-order valence-electron chi connectivity index (χ0n) is 13.2. The van der Waals surface area contributed by atoms with Crippen molar-refractivity contribution in [2.24, 2.45) is 0 Å². The zero-order chi connectivity index (χ0) is 17.4. The molecule has 0 bridgehead atoms. The first kappa shape index (κ1) is 18.6. The number of ketones is 1. The molecule has 0 aliphatic rings. The fraction of sp³-hybridized carbons (Fsp3) is 0.333. The van der Waals surface area contributed by atoms with E-state index in [1.807, 2.05) is 12.1 Å². The predicted molar refractivity (Wildman–Crippen MR) is 100 cm³/mol. The second-order valence-electron chi connectivity index (χ2n) is 4.75. The van der Waals surface area contributed by atoms with Crippen molar-refractivity contribution in [3.05, 3.63) is 34.5 Å². The first-order chi connectivity index (χ1) is 11.6. The van der Waals surface area contributed by atoms with Crippen LogP contribution in [-0.2, 0) is 11.2 Å². The van der Waals surface area contributed by atoms with Crippen molar-refractivity contribution in [2.45, 2.75) is 17.7 Å². The van der Waals surface area contributed by atoms with Gasteiger partial charge in [0.25, 0.3) is 0 Å². The summed E-state index contributed by atoms with van der Waals surface area (Å²) in [5.74, 6) is 0.367. The van der Waals surface area contributed by atoms with Gasteiger partial charge in [0.05, 0.1) is 10.6 Å². The van der Waals surface area contributed by atoms with Gasteiger partial charge in [0.1, 0.15) is 0 Å². The fourth-order valence-electron chi connectivity index (χ4n) is 1.72. The third-order valence-electron chi connectivity index (χ3n) is 2.81.